The Morgan fingerprint density at radius 3 is 2.59 bits per heavy atom. The Bertz CT molecular complexity index is 1050. The maximum absolute atomic E-state index is 13.7. The zero-order chi connectivity index (χ0) is 20.4. The summed E-state index contributed by atoms with van der Waals surface area (Å²) in [6.07, 6.45) is 4.50. The van der Waals surface area contributed by atoms with E-state index in [-0.39, 0.29) is 5.56 Å². The first-order valence-electron chi connectivity index (χ1n) is 10.7. The van der Waals surface area contributed by atoms with Crippen molar-refractivity contribution in [2.75, 3.05) is 25.4 Å². The molecule has 0 amide bonds. The highest BCUT2D eigenvalue weighted by Crippen LogP contribution is 2.35. The van der Waals surface area contributed by atoms with Crippen LogP contribution in [0.5, 0.6) is 0 Å². The summed E-state index contributed by atoms with van der Waals surface area (Å²) in [7, 11) is 0. The van der Waals surface area contributed by atoms with Gasteiger partial charge in [0.25, 0.3) is 5.56 Å². The third kappa shape index (κ3) is 4.16. The minimum atomic E-state index is 0.107. The molecule has 2 heterocycles. The van der Waals surface area contributed by atoms with Crippen LogP contribution in [0.3, 0.4) is 0 Å². The lowest BCUT2D eigenvalue weighted by molar-refractivity contribution is -0.893. The number of benzene rings is 1. The molecule has 1 aliphatic rings. The molecular weight excluding hydrogens is 398 g/mol. The molecule has 0 atom stereocenters. The van der Waals surface area contributed by atoms with Crippen molar-refractivity contribution in [1.82, 2.24) is 9.55 Å². The van der Waals surface area contributed by atoms with E-state index in [0.717, 1.165) is 59.3 Å². The van der Waals surface area contributed by atoms with Gasteiger partial charge in [0.1, 0.15) is 4.83 Å². The number of nitrogens with one attached hydrogen (secondary N) is 1. The van der Waals surface area contributed by atoms with Crippen molar-refractivity contribution in [1.29, 1.82) is 0 Å². The number of rotatable bonds is 7. The fraction of sp³-hybridized carbons (Fsp3) is 0.478. The Morgan fingerprint density at radius 1 is 1.14 bits per heavy atom. The number of aromatic nitrogens is 2. The molecule has 6 heteroatoms. The number of thiophene rings is 1. The third-order valence-electron chi connectivity index (χ3n) is 5.94. The molecule has 1 aromatic carbocycles. The molecule has 2 aromatic heterocycles. The van der Waals surface area contributed by atoms with Crippen molar-refractivity contribution in [2.45, 2.75) is 51.6 Å². The number of nitrogens with zero attached hydrogens (tertiary/aromatic N) is 2. The predicted molar refractivity (Wildman–Crippen MR) is 124 cm³/mol. The number of aryl methyl sites for hydroxylation is 3. The van der Waals surface area contributed by atoms with E-state index in [4.69, 9.17) is 4.98 Å². The van der Waals surface area contributed by atoms with Crippen LogP contribution in [0.25, 0.3) is 15.9 Å². The van der Waals surface area contributed by atoms with Crippen LogP contribution >= 0.6 is 23.1 Å². The van der Waals surface area contributed by atoms with Gasteiger partial charge in [-0.2, -0.15) is 0 Å². The molecule has 0 fully saturated rings. The van der Waals surface area contributed by atoms with Crippen molar-refractivity contribution in [3.8, 4) is 5.69 Å². The molecular formula is C23H30N3OS2+. The first-order chi connectivity index (χ1) is 14.1. The number of hydrogen-bond acceptors (Lipinski definition) is 4. The molecule has 0 unspecified atom stereocenters. The molecule has 4 rings (SSSR count). The molecule has 3 aromatic rings. The van der Waals surface area contributed by atoms with Gasteiger partial charge >= 0.3 is 0 Å². The number of thioether (sulfide) groups is 1. The first-order valence-corrected chi connectivity index (χ1v) is 12.5. The molecule has 0 saturated carbocycles. The van der Waals surface area contributed by atoms with Crippen LogP contribution in [-0.4, -0.2) is 34.9 Å². The standard InChI is InChI=1S/C23H29N3OS2/c1-4-25(5-2)14-15-28-23-24-21-20(18-8-6-7-9-19(18)29-21)22(27)26(23)17-12-10-16(3)11-13-17/h10-13H,4-9,14-15H2,1-3H3/p+1. The van der Waals surface area contributed by atoms with Gasteiger partial charge in [-0.1, -0.05) is 29.5 Å². The quantitative estimate of drug-likeness (QED) is 0.461. The fourth-order valence-electron chi connectivity index (χ4n) is 4.09. The second-order valence-corrected chi connectivity index (χ2v) is 9.96. The summed E-state index contributed by atoms with van der Waals surface area (Å²) in [4.78, 5) is 22.6. The van der Waals surface area contributed by atoms with E-state index in [2.05, 4.69) is 32.9 Å². The predicted octanol–water partition coefficient (Wildman–Crippen LogP) is 3.65. The molecule has 0 aliphatic heterocycles. The summed E-state index contributed by atoms with van der Waals surface area (Å²) >= 11 is 3.46. The monoisotopic (exact) mass is 428 g/mol. The summed E-state index contributed by atoms with van der Waals surface area (Å²) < 4.78 is 1.85. The van der Waals surface area contributed by atoms with Gasteiger partial charge in [0.05, 0.1) is 36.5 Å². The lowest BCUT2D eigenvalue weighted by Crippen LogP contribution is -3.11. The largest absolute Gasteiger partial charge is 0.335 e. The van der Waals surface area contributed by atoms with Gasteiger partial charge in [0.2, 0.25) is 0 Å². The van der Waals surface area contributed by atoms with Gasteiger partial charge in [-0.3, -0.25) is 9.36 Å². The van der Waals surface area contributed by atoms with E-state index >= 15 is 0 Å². The van der Waals surface area contributed by atoms with Gasteiger partial charge in [0.15, 0.2) is 5.16 Å². The second-order valence-electron chi connectivity index (χ2n) is 7.82. The van der Waals surface area contributed by atoms with Gasteiger partial charge in [-0.15, -0.1) is 11.3 Å². The highest BCUT2D eigenvalue weighted by molar-refractivity contribution is 7.99. The highest BCUT2D eigenvalue weighted by Gasteiger charge is 2.23. The van der Waals surface area contributed by atoms with Crippen LogP contribution in [0.2, 0.25) is 0 Å². The minimum absolute atomic E-state index is 0.107. The summed E-state index contributed by atoms with van der Waals surface area (Å²) in [6, 6.07) is 8.23. The zero-order valence-corrected chi connectivity index (χ0v) is 19.2. The Labute approximate surface area is 181 Å². The molecule has 29 heavy (non-hydrogen) atoms. The zero-order valence-electron chi connectivity index (χ0n) is 17.6. The van der Waals surface area contributed by atoms with E-state index in [1.165, 1.54) is 28.8 Å². The fourth-order valence-corrected chi connectivity index (χ4v) is 6.45. The summed E-state index contributed by atoms with van der Waals surface area (Å²) in [5, 5.41) is 1.69. The van der Waals surface area contributed by atoms with Crippen molar-refractivity contribution in [2.24, 2.45) is 0 Å². The van der Waals surface area contributed by atoms with Gasteiger partial charge in [-0.25, -0.2) is 4.98 Å². The van der Waals surface area contributed by atoms with Gasteiger partial charge in [-0.05, 0) is 64.2 Å². The van der Waals surface area contributed by atoms with Crippen molar-refractivity contribution in [3.63, 3.8) is 0 Å². The Hall–Kier alpha value is -1.63. The summed E-state index contributed by atoms with van der Waals surface area (Å²) in [5.74, 6) is 0.964. The normalized spacial score (nSPS) is 13.9. The maximum Gasteiger partial charge on any atom is 0.267 e. The van der Waals surface area contributed by atoms with Gasteiger partial charge < -0.3 is 4.90 Å². The first kappa shape index (κ1) is 20.6. The SMILES string of the molecule is CC[NH+](CC)CCSc1nc2sc3c(c2c(=O)n1-c1ccc(C)cc1)CCCC3. The van der Waals surface area contributed by atoms with Crippen LogP contribution in [0.4, 0.5) is 0 Å². The van der Waals surface area contributed by atoms with Crippen LogP contribution < -0.4 is 10.5 Å². The topological polar surface area (TPSA) is 39.3 Å². The molecule has 0 radical (unpaired) electrons. The number of hydrogen-bond donors (Lipinski definition) is 1. The van der Waals surface area contributed by atoms with Crippen molar-refractivity contribution >= 4 is 33.3 Å². The average Bonchev–Trinajstić information content (AvgIpc) is 3.11. The van der Waals surface area contributed by atoms with E-state index in [0.29, 0.717) is 0 Å². The number of fused-ring (bicyclic) bond motifs is 3. The van der Waals surface area contributed by atoms with E-state index in [1.807, 2.05) is 16.7 Å². The van der Waals surface area contributed by atoms with Crippen LogP contribution in [0.15, 0.2) is 34.2 Å². The second kappa shape index (κ2) is 9.02. The summed E-state index contributed by atoms with van der Waals surface area (Å²) in [6.45, 7) is 9.88. The Morgan fingerprint density at radius 2 is 1.86 bits per heavy atom. The van der Waals surface area contributed by atoms with E-state index in [9.17, 15) is 4.79 Å². The van der Waals surface area contributed by atoms with Crippen LogP contribution in [0, 0.1) is 6.92 Å². The Balaban J connectivity index is 1.80. The minimum Gasteiger partial charge on any atom is -0.335 e. The number of quaternary nitrogens is 1. The van der Waals surface area contributed by atoms with Crippen LogP contribution in [0.1, 0.15) is 42.7 Å². The van der Waals surface area contributed by atoms with Crippen molar-refractivity contribution in [3.05, 3.63) is 50.6 Å². The summed E-state index contributed by atoms with van der Waals surface area (Å²) in [5.41, 5.74) is 3.49. The molecule has 154 valence electrons. The molecule has 0 bridgehead atoms. The van der Waals surface area contributed by atoms with Crippen LogP contribution in [-0.2, 0) is 12.8 Å². The smallest absolute Gasteiger partial charge is 0.267 e. The van der Waals surface area contributed by atoms with Gasteiger partial charge in [0, 0.05) is 4.88 Å². The van der Waals surface area contributed by atoms with Crippen molar-refractivity contribution < 1.29 is 4.90 Å². The van der Waals surface area contributed by atoms with E-state index < -0.39 is 0 Å². The molecule has 4 nitrogen and oxygen atoms in total. The lowest BCUT2D eigenvalue weighted by atomic mass is 9.97. The third-order valence-corrected chi connectivity index (χ3v) is 8.06. The average molecular weight is 429 g/mol. The molecule has 0 saturated heterocycles. The molecule has 0 spiro atoms. The lowest BCUT2D eigenvalue weighted by Gasteiger charge is -2.16. The Kier molecular flexibility index (Phi) is 6.42. The maximum atomic E-state index is 13.7. The highest BCUT2D eigenvalue weighted by atomic mass is 32.2. The van der Waals surface area contributed by atoms with E-state index in [1.54, 1.807) is 28.0 Å². The molecule has 1 aliphatic carbocycles. The molecule has 1 N–H and O–H groups in total.